The van der Waals surface area contributed by atoms with Crippen LogP contribution in [-0.4, -0.2) is 16.9 Å². The van der Waals surface area contributed by atoms with Crippen molar-refractivity contribution < 1.29 is 8.78 Å². The Balaban J connectivity index is 2.72. The molecule has 0 radical (unpaired) electrons. The summed E-state index contributed by atoms with van der Waals surface area (Å²) < 4.78 is 25.7. The SMILES string of the molecule is CC(CCl)C(C)Nc1ncc(F)cc1F. The van der Waals surface area contributed by atoms with Crippen molar-refractivity contribution in [2.24, 2.45) is 5.92 Å². The quantitative estimate of drug-likeness (QED) is 0.810. The monoisotopic (exact) mass is 234 g/mol. The second kappa shape index (κ2) is 5.26. The Morgan fingerprint density at radius 1 is 1.47 bits per heavy atom. The van der Waals surface area contributed by atoms with Gasteiger partial charge in [-0.1, -0.05) is 6.92 Å². The lowest BCUT2D eigenvalue weighted by Crippen LogP contribution is -2.25. The molecule has 2 atom stereocenters. The summed E-state index contributed by atoms with van der Waals surface area (Å²) in [5.74, 6) is -0.671. The van der Waals surface area contributed by atoms with E-state index in [9.17, 15) is 8.78 Å². The van der Waals surface area contributed by atoms with Crippen molar-refractivity contribution in [3.05, 3.63) is 23.9 Å². The molecule has 1 aromatic rings. The third kappa shape index (κ3) is 3.30. The third-order valence-corrected chi connectivity index (χ3v) is 2.76. The number of rotatable bonds is 4. The number of alkyl halides is 1. The molecule has 1 N–H and O–H groups in total. The first-order valence-electron chi connectivity index (χ1n) is 4.68. The molecule has 1 rings (SSSR count). The van der Waals surface area contributed by atoms with Gasteiger partial charge in [-0.2, -0.15) is 0 Å². The fourth-order valence-corrected chi connectivity index (χ4v) is 1.28. The van der Waals surface area contributed by atoms with Gasteiger partial charge in [-0.25, -0.2) is 13.8 Å². The lowest BCUT2D eigenvalue weighted by Gasteiger charge is -2.19. The van der Waals surface area contributed by atoms with Crippen LogP contribution in [0.1, 0.15) is 13.8 Å². The molecule has 0 fully saturated rings. The standard InChI is InChI=1S/C10H13ClF2N2/c1-6(4-11)7(2)15-10-9(13)3-8(12)5-14-10/h3,5-7H,4H2,1-2H3,(H,14,15). The minimum Gasteiger partial charge on any atom is -0.365 e. The van der Waals surface area contributed by atoms with Gasteiger partial charge in [0.15, 0.2) is 11.6 Å². The molecule has 0 spiro atoms. The van der Waals surface area contributed by atoms with Gasteiger partial charge >= 0.3 is 0 Å². The lowest BCUT2D eigenvalue weighted by atomic mass is 10.1. The smallest absolute Gasteiger partial charge is 0.168 e. The van der Waals surface area contributed by atoms with E-state index in [0.717, 1.165) is 12.3 Å². The first kappa shape index (κ1) is 12.2. The average Bonchev–Trinajstić information content (AvgIpc) is 2.20. The van der Waals surface area contributed by atoms with Gasteiger partial charge < -0.3 is 5.32 Å². The van der Waals surface area contributed by atoms with Crippen LogP contribution in [0.3, 0.4) is 0 Å². The number of pyridine rings is 1. The molecular formula is C10H13ClF2N2. The molecule has 2 nitrogen and oxygen atoms in total. The van der Waals surface area contributed by atoms with Gasteiger partial charge in [0.2, 0.25) is 0 Å². The maximum Gasteiger partial charge on any atom is 0.168 e. The Kier molecular flexibility index (Phi) is 4.27. The fraction of sp³-hybridized carbons (Fsp3) is 0.500. The highest BCUT2D eigenvalue weighted by Crippen LogP contribution is 2.15. The molecule has 0 amide bonds. The highest BCUT2D eigenvalue weighted by atomic mass is 35.5. The van der Waals surface area contributed by atoms with Gasteiger partial charge in [-0.05, 0) is 12.8 Å². The highest BCUT2D eigenvalue weighted by molar-refractivity contribution is 6.18. The average molecular weight is 235 g/mol. The highest BCUT2D eigenvalue weighted by Gasteiger charge is 2.13. The van der Waals surface area contributed by atoms with Crippen molar-refractivity contribution in [3.63, 3.8) is 0 Å². The van der Waals surface area contributed by atoms with Crippen molar-refractivity contribution in [1.82, 2.24) is 4.98 Å². The Morgan fingerprint density at radius 3 is 2.67 bits per heavy atom. The van der Waals surface area contributed by atoms with Gasteiger partial charge in [0.25, 0.3) is 0 Å². The van der Waals surface area contributed by atoms with Crippen LogP contribution in [0.25, 0.3) is 0 Å². The summed E-state index contributed by atoms with van der Waals surface area (Å²) in [5.41, 5.74) is 0. The van der Waals surface area contributed by atoms with Crippen molar-refractivity contribution in [1.29, 1.82) is 0 Å². The molecular weight excluding hydrogens is 222 g/mol. The van der Waals surface area contributed by atoms with Crippen LogP contribution in [0, 0.1) is 17.6 Å². The number of hydrogen-bond donors (Lipinski definition) is 1. The second-order valence-electron chi connectivity index (χ2n) is 3.55. The number of aromatic nitrogens is 1. The van der Waals surface area contributed by atoms with E-state index in [2.05, 4.69) is 10.3 Å². The Labute approximate surface area is 92.7 Å². The Bertz CT molecular complexity index is 333. The molecule has 5 heteroatoms. The predicted molar refractivity (Wildman–Crippen MR) is 57.1 cm³/mol. The van der Waals surface area contributed by atoms with Crippen LogP contribution >= 0.6 is 11.6 Å². The molecule has 0 aliphatic rings. The minimum atomic E-state index is -0.691. The minimum absolute atomic E-state index is 0.0186. The molecule has 1 aromatic heterocycles. The summed E-state index contributed by atoms with van der Waals surface area (Å²) in [4.78, 5) is 3.63. The van der Waals surface area contributed by atoms with Gasteiger partial charge in [0.1, 0.15) is 5.82 Å². The topological polar surface area (TPSA) is 24.9 Å². The Hall–Kier alpha value is -0.900. The molecule has 1 heterocycles. The number of nitrogens with one attached hydrogen (secondary N) is 1. The van der Waals surface area contributed by atoms with Crippen molar-refractivity contribution in [2.45, 2.75) is 19.9 Å². The predicted octanol–water partition coefficient (Wildman–Crippen LogP) is 3.04. The molecule has 0 bridgehead atoms. The zero-order valence-electron chi connectivity index (χ0n) is 8.60. The first-order chi connectivity index (χ1) is 7.04. The van der Waals surface area contributed by atoms with Gasteiger partial charge in [-0.3, -0.25) is 0 Å². The van der Waals surface area contributed by atoms with Crippen LogP contribution in [0.5, 0.6) is 0 Å². The number of halogens is 3. The largest absolute Gasteiger partial charge is 0.365 e. The van der Waals surface area contributed by atoms with Crippen LogP contribution in [0.2, 0.25) is 0 Å². The zero-order valence-corrected chi connectivity index (χ0v) is 9.35. The van der Waals surface area contributed by atoms with Crippen LogP contribution < -0.4 is 5.32 Å². The van der Waals surface area contributed by atoms with Gasteiger partial charge in [-0.15, -0.1) is 11.6 Å². The van der Waals surface area contributed by atoms with Gasteiger partial charge in [0.05, 0.1) is 6.20 Å². The summed E-state index contributed by atoms with van der Waals surface area (Å²) in [7, 11) is 0. The maximum atomic E-state index is 13.2. The summed E-state index contributed by atoms with van der Waals surface area (Å²) >= 11 is 5.66. The lowest BCUT2D eigenvalue weighted by molar-refractivity contribution is 0.545. The normalized spacial score (nSPS) is 14.7. The number of anilines is 1. The summed E-state index contributed by atoms with van der Waals surface area (Å²) in [6, 6.07) is 0.780. The second-order valence-corrected chi connectivity index (χ2v) is 3.86. The molecule has 15 heavy (non-hydrogen) atoms. The first-order valence-corrected chi connectivity index (χ1v) is 5.21. The molecule has 0 saturated heterocycles. The molecule has 0 aromatic carbocycles. The summed E-state index contributed by atoms with van der Waals surface area (Å²) in [6.07, 6.45) is 0.976. The summed E-state index contributed by atoms with van der Waals surface area (Å²) in [6.45, 7) is 3.81. The number of nitrogens with zero attached hydrogens (tertiary/aromatic N) is 1. The Morgan fingerprint density at radius 2 is 2.13 bits per heavy atom. The van der Waals surface area contributed by atoms with Crippen LogP contribution in [0.4, 0.5) is 14.6 Å². The van der Waals surface area contributed by atoms with E-state index in [1.165, 1.54) is 0 Å². The van der Waals surface area contributed by atoms with Crippen molar-refractivity contribution >= 4 is 17.4 Å². The van der Waals surface area contributed by atoms with Crippen LogP contribution in [-0.2, 0) is 0 Å². The molecule has 0 aliphatic carbocycles. The van der Waals surface area contributed by atoms with E-state index in [0.29, 0.717) is 5.88 Å². The number of hydrogen-bond acceptors (Lipinski definition) is 2. The van der Waals surface area contributed by atoms with E-state index in [1.807, 2.05) is 13.8 Å². The third-order valence-electron chi connectivity index (χ3n) is 2.27. The van der Waals surface area contributed by atoms with E-state index >= 15 is 0 Å². The van der Waals surface area contributed by atoms with Crippen LogP contribution in [0.15, 0.2) is 12.3 Å². The summed E-state index contributed by atoms with van der Waals surface area (Å²) in [5, 5.41) is 2.85. The van der Waals surface area contributed by atoms with E-state index < -0.39 is 11.6 Å². The maximum absolute atomic E-state index is 13.2. The molecule has 0 saturated carbocycles. The molecule has 2 unspecified atom stereocenters. The molecule has 0 aliphatic heterocycles. The van der Waals surface area contributed by atoms with Gasteiger partial charge in [0, 0.05) is 18.0 Å². The zero-order chi connectivity index (χ0) is 11.4. The van der Waals surface area contributed by atoms with E-state index in [4.69, 9.17) is 11.6 Å². The van der Waals surface area contributed by atoms with Crippen molar-refractivity contribution in [2.75, 3.05) is 11.2 Å². The van der Waals surface area contributed by atoms with Crippen molar-refractivity contribution in [3.8, 4) is 0 Å². The fourth-order valence-electron chi connectivity index (χ4n) is 1.01. The van der Waals surface area contributed by atoms with E-state index in [-0.39, 0.29) is 17.8 Å². The van der Waals surface area contributed by atoms with E-state index in [1.54, 1.807) is 0 Å². The molecule has 84 valence electrons.